The summed E-state index contributed by atoms with van der Waals surface area (Å²) in [6.45, 7) is 9.80. The minimum atomic E-state index is 0.389. The molecule has 2 N–H and O–H groups in total. The summed E-state index contributed by atoms with van der Waals surface area (Å²) in [5, 5.41) is 6.91. The quantitative estimate of drug-likeness (QED) is 0.546. The summed E-state index contributed by atoms with van der Waals surface area (Å²) in [6, 6.07) is 0.564. The van der Waals surface area contributed by atoms with Crippen LogP contribution < -0.4 is 10.6 Å². The predicted molar refractivity (Wildman–Crippen MR) is 66.3 cm³/mol. The zero-order chi connectivity index (χ0) is 11.5. The third-order valence-corrected chi connectivity index (χ3v) is 2.56. The number of rotatable bonds is 10. The number of ether oxygens (including phenoxy) is 1. The van der Waals surface area contributed by atoms with Crippen molar-refractivity contribution in [3.63, 3.8) is 0 Å². The van der Waals surface area contributed by atoms with Gasteiger partial charge >= 0.3 is 0 Å². The van der Waals surface area contributed by atoms with Crippen molar-refractivity contribution in [1.82, 2.24) is 10.6 Å². The molecule has 3 nitrogen and oxygen atoms in total. The molecule has 0 amide bonds. The van der Waals surface area contributed by atoms with Gasteiger partial charge in [-0.15, -0.1) is 0 Å². The Morgan fingerprint density at radius 1 is 1.20 bits per heavy atom. The second-order valence-corrected chi connectivity index (χ2v) is 4.25. The van der Waals surface area contributed by atoms with Gasteiger partial charge in [-0.1, -0.05) is 6.92 Å². The number of hydrogen-bond donors (Lipinski definition) is 2. The lowest BCUT2D eigenvalue weighted by atomic mass is 10.2. The molecule has 0 saturated heterocycles. The van der Waals surface area contributed by atoms with Gasteiger partial charge in [0.05, 0.1) is 6.10 Å². The standard InChI is InChI=1S/C12H28N2O/c1-5-8-13-10-11(2)14-9-6-7-12(3)15-4/h11-14H,5-10H2,1-4H3. The topological polar surface area (TPSA) is 33.3 Å². The first-order valence-electron chi connectivity index (χ1n) is 6.17. The molecule has 0 aromatic rings. The first-order chi connectivity index (χ1) is 7.20. The highest BCUT2D eigenvalue weighted by Crippen LogP contribution is 1.98. The van der Waals surface area contributed by atoms with Crippen LogP contribution in [0.25, 0.3) is 0 Å². The first-order valence-corrected chi connectivity index (χ1v) is 6.17. The van der Waals surface area contributed by atoms with E-state index in [4.69, 9.17) is 4.74 Å². The van der Waals surface area contributed by atoms with E-state index in [0.29, 0.717) is 12.1 Å². The molecule has 0 aliphatic rings. The lowest BCUT2D eigenvalue weighted by Crippen LogP contribution is -2.37. The van der Waals surface area contributed by atoms with Crippen molar-refractivity contribution in [3.05, 3.63) is 0 Å². The number of hydrogen-bond acceptors (Lipinski definition) is 3. The summed E-state index contributed by atoms with van der Waals surface area (Å²) < 4.78 is 5.20. The van der Waals surface area contributed by atoms with Crippen LogP contribution in [0.5, 0.6) is 0 Å². The van der Waals surface area contributed by atoms with Gasteiger partial charge in [-0.25, -0.2) is 0 Å². The number of methoxy groups -OCH3 is 1. The molecule has 15 heavy (non-hydrogen) atoms. The normalized spacial score (nSPS) is 15.2. The first kappa shape index (κ1) is 14.9. The molecule has 0 spiro atoms. The third-order valence-electron chi connectivity index (χ3n) is 2.56. The van der Waals surface area contributed by atoms with Crippen molar-refractivity contribution in [3.8, 4) is 0 Å². The highest BCUT2D eigenvalue weighted by Gasteiger charge is 2.01. The summed E-state index contributed by atoms with van der Waals surface area (Å²) in [4.78, 5) is 0. The molecule has 0 aliphatic heterocycles. The van der Waals surface area contributed by atoms with Crippen LogP contribution in [-0.2, 0) is 4.74 Å². The molecule has 0 aromatic carbocycles. The van der Waals surface area contributed by atoms with Crippen molar-refractivity contribution in [2.24, 2.45) is 0 Å². The molecular weight excluding hydrogens is 188 g/mol. The maximum Gasteiger partial charge on any atom is 0.0543 e. The predicted octanol–water partition coefficient (Wildman–Crippen LogP) is 1.78. The summed E-state index contributed by atoms with van der Waals surface area (Å²) >= 11 is 0. The summed E-state index contributed by atoms with van der Waals surface area (Å²) in [6.07, 6.45) is 3.92. The van der Waals surface area contributed by atoms with Gasteiger partial charge in [-0.2, -0.15) is 0 Å². The Kier molecular flexibility index (Phi) is 10.3. The molecule has 0 rings (SSSR count). The fraction of sp³-hybridized carbons (Fsp3) is 1.00. The molecule has 0 bridgehead atoms. The van der Waals surface area contributed by atoms with Gasteiger partial charge in [0.1, 0.15) is 0 Å². The highest BCUT2D eigenvalue weighted by molar-refractivity contribution is 4.64. The lowest BCUT2D eigenvalue weighted by Gasteiger charge is -2.15. The molecule has 92 valence electrons. The number of nitrogens with one attached hydrogen (secondary N) is 2. The Morgan fingerprint density at radius 2 is 1.93 bits per heavy atom. The maximum absolute atomic E-state index is 5.20. The Labute approximate surface area is 95.0 Å². The molecule has 0 radical (unpaired) electrons. The van der Waals surface area contributed by atoms with E-state index in [1.165, 1.54) is 12.8 Å². The van der Waals surface area contributed by atoms with Gasteiger partial charge in [0.25, 0.3) is 0 Å². The van der Waals surface area contributed by atoms with E-state index in [-0.39, 0.29) is 0 Å². The van der Waals surface area contributed by atoms with E-state index in [9.17, 15) is 0 Å². The van der Waals surface area contributed by atoms with Crippen molar-refractivity contribution in [2.75, 3.05) is 26.7 Å². The fourth-order valence-electron chi connectivity index (χ4n) is 1.42. The van der Waals surface area contributed by atoms with Crippen molar-refractivity contribution in [2.45, 2.75) is 52.2 Å². The van der Waals surface area contributed by atoms with E-state index in [0.717, 1.165) is 26.1 Å². The summed E-state index contributed by atoms with van der Waals surface area (Å²) in [7, 11) is 1.77. The zero-order valence-electron chi connectivity index (χ0n) is 10.8. The molecule has 3 heteroatoms. The van der Waals surface area contributed by atoms with Gasteiger partial charge in [-0.05, 0) is 46.2 Å². The SMILES string of the molecule is CCCNCC(C)NCCCC(C)OC. The molecule has 2 atom stereocenters. The van der Waals surface area contributed by atoms with Crippen LogP contribution in [0, 0.1) is 0 Å². The van der Waals surface area contributed by atoms with Crippen LogP contribution in [-0.4, -0.2) is 38.9 Å². The van der Waals surface area contributed by atoms with Gasteiger partial charge in [-0.3, -0.25) is 0 Å². The van der Waals surface area contributed by atoms with E-state index >= 15 is 0 Å². The monoisotopic (exact) mass is 216 g/mol. The van der Waals surface area contributed by atoms with E-state index in [2.05, 4.69) is 31.4 Å². The lowest BCUT2D eigenvalue weighted by molar-refractivity contribution is 0.109. The Morgan fingerprint density at radius 3 is 2.53 bits per heavy atom. The Hall–Kier alpha value is -0.120. The smallest absolute Gasteiger partial charge is 0.0543 e. The van der Waals surface area contributed by atoms with Crippen molar-refractivity contribution < 1.29 is 4.74 Å². The van der Waals surface area contributed by atoms with E-state index in [1.807, 2.05) is 0 Å². The average molecular weight is 216 g/mol. The molecular formula is C12H28N2O. The zero-order valence-corrected chi connectivity index (χ0v) is 10.8. The minimum Gasteiger partial charge on any atom is -0.382 e. The van der Waals surface area contributed by atoms with E-state index < -0.39 is 0 Å². The van der Waals surface area contributed by atoms with Crippen LogP contribution in [0.2, 0.25) is 0 Å². The summed E-state index contributed by atoms with van der Waals surface area (Å²) in [5.41, 5.74) is 0. The van der Waals surface area contributed by atoms with Crippen LogP contribution in [0.3, 0.4) is 0 Å². The van der Waals surface area contributed by atoms with E-state index in [1.54, 1.807) is 7.11 Å². The van der Waals surface area contributed by atoms with Crippen molar-refractivity contribution >= 4 is 0 Å². The molecule has 0 saturated carbocycles. The fourth-order valence-corrected chi connectivity index (χ4v) is 1.42. The largest absolute Gasteiger partial charge is 0.382 e. The molecule has 0 fully saturated rings. The molecule has 0 aliphatic carbocycles. The molecule has 0 heterocycles. The van der Waals surface area contributed by atoms with Crippen LogP contribution >= 0.6 is 0 Å². The second kappa shape index (κ2) is 10.4. The molecule has 2 unspecified atom stereocenters. The second-order valence-electron chi connectivity index (χ2n) is 4.25. The average Bonchev–Trinajstić information content (AvgIpc) is 2.24. The van der Waals surface area contributed by atoms with Crippen LogP contribution in [0.15, 0.2) is 0 Å². The van der Waals surface area contributed by atoms with Crippen LogP contribution in [0.1, 0.15) is 40.0 Å². The van der Waals surface area contributed by atoms with Crippen LogP contribution in [0.4, 0.5) is 0 Å². The van der Waals surface area contributed by atoms with Crippen molar-refractivity contribution in [1.29, 1.82) is 0 Å². The highest BCUT2D eigenvalue weighted by atomic mass is 16.5. The van der Waals surface area contributed by atoms with Gasteiger partial charge in [0.15, 0.2) is 0 Å². The van der Waals surface area contributed by atoms with Gasteiger partial charge in [0, 0.05) is 19.7 Å². The van der Waals surface area contributed by atoms with Gasteiger partial charge in [0.2, 0.25) is 0 Å². The third kappa shape index (κ3) is 10.2. The summed E-state index contributed by atoms with van der Waals surface area (Å²) in [5.74, 6) is 0. The maximum atomic E-state index is 5.20. The van der Waals surface area contributed by atoms with Gasteiger partial charge < -0.3 is 15.4 Å². The Bertz CT molecular complexity index is 131. The Balaban J connectivity index is 3.19. The molecule has 0 aromatic heterocycles. The minimum absolute atomic E-state index is 0.389.